The van der Waals surface area contributed by atoms with Crippen LogP contribution in [-0.4, -0.2) is 14.7 Å². The quantitative estimate of drug-likeness (QED) is 0.942. The first kappa shape index (κ1) is 14.8. The van der Waals surface area contributed by atoms with Gasteiger partial charge in [-0.15, -0.1) is 0 Å². The number of hydrogen-bond donors (Lipinski definition) is 1. The predicted molar refractivity (Wildman–Crippen MR) is 79.0 cm³/mol. The molecule has 2 rings (SSSR count). The van der Waals surface area contributed by atoms with Crippen LogP contribution in [0.4, 0.5) is 0 Å². The molecular weight excluding hydrogens is 298 g/mol. The minimum absolute atomic E-state index is 0.200. The highest BCUT2D eigenvalue weighted by Crippen LogP contribution is 2.29. The zero-order chi connectivity index (χ0) is 14.8. The summed E-state index contributed by atoms with van der Waals surface area (Å²) < 4.78 is 28.7. The lowest BCUT2D eigenvalue weighted by molar-refractivity contribution is 0.474. The van der Waals surface area contributed by atoms with Crippen molar-refractivity contribution in [3.8, 4) is 11.5 Å². The molecule has 0 fully saturated rings. The Hall–Kier alpha value is -1.56. The normalized spacial score (nSPS) is 11.3. The van der Waals surface area contributed by atoms with Crippen LogP contribution in [-0.2, 0) is 16.4 Å². The Kier molecular flexibility index (Phi) is 4.32. The second kappa shape index (κ2) is 5.83. The van der Waals surface area contributed by atoms with Crippen LogP contribution < -0.4 is 10.5 Å². The number of ether oxygens (including phenoxy) is 1. The number of sulfone groups is 1. The van der Waals surface area contributed by atoms with E-state index in [1.54, 1.807) is 30.3 Å². The maximum absolute atomic E-state index is 11.5. The third-order valence-electron chi connectivity index (χ3n) is 2.71. The number of rotatable bonds is 4. The zero-order valence-corrected chi connectivity index (χ0v) is 12.4. The third-order valence-corrected chi connectivity index (χ3v) is 4.06. The molecule has 0 aliphatic rings. The van der Waals surface area contributed by atoms with Crippen LogP contribution in [0.5, 0.6) is 11.5 Å². The molecule has 0 atom stereocenters. The van der Waals surface area contributed by atoms with Crippen molar-refractivity contribution in [3.05, 3.63) is 53.1 Å². The van der Waals surface area contributed by atoms with Gasteiger partial charge in [0.15, 0.2) is 9.84 Å². The van der Waals surface area contributed by atoms with Gasteiger partial charge in [0.05, 0.1) is 4.90 Å². The average molecular weight is 312 g/mol. The standard InChI is InChI=1S/C14H14ClNO3S/c1-20(17,18)13-4-2-3-12(8-13)19-14-7-11(15)6-5-10(14)9-16/h2-8H,9,16H2,1H3. The van der Waals surface area contributed by atoms with Crippen molar-refractivity contribution in [2.75, 3.05) is 6.26 Å². The van der Waals surface area contributed by atoms with Crippen molar-refractivity contribution < 1.29 is 13.2 Å². The van der Waals surface area contributed by atoms with Gasteiger partial charge in [-0.05, 0) is 30.3 Å². The molecule has 0 spiro atoms. The van der Waals surface area contributed by atoms with E-state index in [1.807, 2.05) is 0 Å². The van der Waals surface area contributed by atoms with Gasteiger partial charge in [-0.25, -0.2) is 8.42 Å². The second-order valence-corrected chi connectivity index (χ2v) is 6.76. The summed E-state index contributed by atoms with van der Waals surface area (Å²) >= 11 is 5.93. The van der Waals surface area contributed by atoms with Gasteiger partial charge in [-0.3, -0.25) is 0 Å². The Morgan fingerprint density at radius 1 is 1.20 bits per heavy atom. The minimum atomic E-state index is -3.27. The van der Waals surface area contributed by atoms with Crippen LogP contribution in [0.3, 0.4) is 0 Å². The molecule has 0 aliphatic carbocycles. The second-order valence-electron chi connectivity index (χ2n) is 4.31. The third kappa shape index (κ3) is 3.50. The molecule has 2 aromatic rings. The summed E-state index contributed by atoms with van der Waals surface area (Å²) in [6, 6.07) is 11.4. The summed E-state index contributed by atoms with van der Waals surface area (Å²) in [7, 11) is -3.27. The number of halogens is 1. The van der Waals surface area contributed by atoms with Crippen LogP contribution in [0.25, 0.3) is 0 Å². The fraction of sp³-hybridized carbons (Fsp3) is 0.143. The zero-order valence-electron chi connectivity index (χ0n) is 10.8. The van der Waals surface area contributed by atoms with E-state index in [0.29, 0.717) is 23.1 Å². The van der Waals surface area contributed by atoms with E-state index in [4.69, 9.17) is 22.1 Å². The molecule has 20 heavy (non-hydrogen) atoms. The van der Waals surface area contributed by atoms with Crippen molar-refractivity contribution in [1.82, 2.24) is 0 Å². The molecule has 6 heteroatoms. The average Bonchev–Trinajstić information content (AvgIpc) is 2.38. The lowest BCUT2D eigenvalue weighted by Gasteiger charge is -2.11. The number of benzene rings is 2. The monoisotopic (exact) mass is 311 g/mol. The maximum Gasteiger partial charge on any atom is 0.175 e. The Bertz CT molecular complexity index is 729. The fourth-order valence-electron chi connectivity index (χ4n) is 1.69. The van der Waals surface area contributed by atoms with Crippen molar-refractivity contribution in [2.45, 2.75) is 11.4 Å². The van der Waals surface area contributed by atoms with E-state index in [0.717, 1.165) is 11.8 Å². The maximum atomic E-state index is 11.5. The van der Waals surface area contributed by atoms with Crippen molar-refractivity contribution >= 4 is 21.4 Å². The minimum Gasteiger partial charge on any atom is -0.457 e. The molecule has 0 aromatic heterocycles. The van der Waals surface area contributed by atoms with Gasteiger partial charge < -0.3 is 10.5 Å². The van der Waals surface area contributed by atoms with E-state index in [9.17, 15) is 8.42 Å². The molecule has 2 N–H and O–H groups in total. The molecular formula is C14H14ClNO3S. The van der Waals surface area contributed by atoms with Crippen LogP contribution in [0.15, 0.2) is 47.4 Å². The molecule has 2 aromatic carbocycles. The van der Waals surface area contributed by atoms with E-state index in [-0.39, 0.29) is 4.90 Å². The first-order valence-corrected chi connectivity index (χ1v) is 8.13. The molecule has 0 radical (unpaired) electrons. The summed E-state index contributed by atoms with van der Waals surface area (Å²) in [6.07, 6.45) is 1.15. The highest BCUT2D eigenvalue weighted by atomic mass is 35.5. The molecule has 4 nitrogen and oxygen atoms in total. The first-order chi connectivity index (χ1) is 9.40. The number of nitrogens with two attached hydrogens (primary N) is 1. The summed E-state index contributed by atoms with van der Waals surface area (Å²) in [5.41, 5.74) is 6.43. The molecule has 0 unspecified atom stereocenters. The van der Waals surface area contributed by atoms with E-state index < -0.39 is 9.84 Å². The first-order valence-electron chi connectivity index (χ1n) is 5.86. The van der Waals surface area contributed by atoms with Crippen molar-refractivity contribution in [2.24, 2.45) is 5.73 Å². The van der Waals surface area contributed by atoms with Crippen LogP contribution >= 0.6 is 11.6 Å². The van der Waals surface area contributed by atoms with Gasteiger partial charge >= 0.3 is 0 Å². The molecule has 106 valence electrons. The summed E-state index contributed by atoms with van der Waals surface area (Å²) in [4.78, 5) is 0.200. The highest BCUT2D eigenvalue weighted by molar-refractivity contribution is 7.90. The lowest BCUT2D eigenvalue weighted by atomic mass is 10.2. The molecule has 0 aliphatic heterocycles. The molecule has 0 heterocycles. The lowest BCUT2D eigenvalue weighted by Crippen LogP contribution is -2.00. The van der Waals surface area contributed by atoms with Crippen LogP contribution in [0.1, 0.15) is 5.56 Å². The van der Waals surface area contributed by atoms with Crippen LogP contribution in [0.2, 0.25) is 5.02 Å². The van der Waals surface area contributed by atoms with Gasteiger partial charge in [0.1, 0.15) is 11.5 Å². The highest BCUT2D eigenvalue weighted by Gasteiger charge is 2.10. The molecule has 0 saturated carbocycles. The fourth-order valence-corrected chi connectivity index (χ4v) is 2.51. The van der Waals surface area contributed by atoms with Crippen LogP contribution in [0, 0.1) is 0 Å². The van der Waals surface area contributed by atoms with Crippen molar-refractivity contribution in [1.29, 1.82) is 0 Å². The van der Waals surface area contributed by atoms with Gasteiger partial charge in [0.25, 0.3) is 0 Å². The topological polar surface area (TPSA) is 69.4 Å². The molecule has 0 bridgehead atoms. The SMILES string of the molecule is CS(=O)(=O)c1cccc(Oc2cc(Cl)ccc2CN)c1. The summed E-state index contributed by atoms with van der Waals surface area (Å²) in [6.45, 7) is 0.304. The van der Waals surface area contributed by atoms with E-state index >= 15 is 0 Å². The van der Waals surface area contributed by atoms with Crippen molar-refractivity contribution in [3.63, 3.8) is 0 Å². The van der Waals surface area contributed by atoms with E-state index in [1.165, 1.54) is 12.1 Å². The van der Waals surface area contributed by atoms with Gasteiger partial charge in [-0.1, -0.05) is 23.7 Å². The Labute approximate surface area is 123 Å². The van der Waals surface area contributed by atoms with Gasteiger partial charge in [0, 0.05) is 23.4 Å². The van der Waals surface area contributed by atoms with Gasteiger partial charge in [-0.2, -0.15) is 0 Å². The Morgan fingerprint density at radius 2 is 1.95 bits per heavy atom. The molecule has 0 saturated heterocycles. The predicted octanol–water partition coefficient (Wildman–Crippen LogP) is 2.99. The summed E-state index contributed by atoms with van der Waals surface area (Å²) in [5.74, 6) is 0.940. The Balaban J connectivity index is 2.38. The smallest absolute Gasteiger partial charge is 0.175 e. The van der Waals surface area contributed by atoms with Gasteiger partial charge in [0.2, 0.25) is 0 Å². The molecule has 0 amide bonds. The summed E-state index contributed by atoms with van der Waals surface area (Å²) in [5, 5.41) is 0.525. The Morgan fingerprint density at radius 3 is 2.60 bits per heavy atom. The number of hydrogen-bond acceptors (Lipinski definition) is 4. The van der Waals surface area contributed by atoms with E-state index in [2.05, 4.69) is 0 Å². The largest absolute Gasteiger partial charge is 0.457 e.